The lowest BCUT2D eigenvalue weighted by Gasteiger charge is -2.14. The predicted molar refractivity (Wildman–Crippen MR) is 76.8 cm³/mol. The average molecular weight is 257 g/mol. The molecule has 0 spiro atoms. The van der Waals surface area contributed by atoms with Crippen LogP contribution in [-0.2, 0) is 6.42 Å². The highest BCUT2D eigenvalue weighted by atomic mass is 15.2. The zero-order chi connectivity index (χ0) is 13.7. The highest BCUT2D eigenvalue weighted by molar-refractivity contribution is 5.31. The number of nitrogens with two attached hydrogens (primary N) is 1. The Hall–Kier alpha value is -2.17. The van der Waals surface area contributed by atoms with Gasteiger partial charge < -0.3 is 11.1 Å². The number of nitrogens with one attached hydrogen (secondary N) is 1. The van der Waals surface area contributed by atoms with Gasteiger partial charge in [0.1, 0.15) is 5.82 Å². The van der Waals surface area contributed by atoms with E-state index in [9.17, 15) is 0 Å². The molecule has 0 fully saturated rings. The van der Waals surface area contributed by atoms with Crippen molar-refractivity contribution in [3.63, 3.8) is 0 Å². The number of aryl methyl sites for hydroxylation is 2. The highest BCUT2D eigenvalue weighted by Crippen LogP contribution is 2.09. The van der Waals surface area contributed by atoms with Gasteiger partial charge in [0.2, 0.25) is 11.9 Å². The van der Waals surface area contributed by atoms with E-state index < -0.39 is 0 Å². The Labute approximate surface area is 113 Å². The smallest absolute Gasteiger partial charge is 0.227 e. The quantitative estimate of drug-likeness (QED) is 0.858. The minimum absolute atomic E-state index is 0.255. The summed E-state index contributed by atoms with van der Waals surface area (Å²) in [6, 6.07) is 10.7. The molecule has 0 aliphatic heterocycles. The van der Waals surface area contributed by atoms with E-state index in [-0.39, 0.29) is 12.0 Å². The summed E-state index contributed by atoms with van der Waals surface area (Å²) in [5.41, 5.74) is 6.93. The molecule has 0 aliphatic carbocycles. The maximum absolute atomic E-state index is 5.60. The van der Waals surface area contributed by atoms with Gasteiger partial charge >= 0.3 is 0 Å². The lowest BCUT2D eigenvalue weighted by atomic mass is 10.1. The van der Waals surface area contributed by atoms with Gasteiger partial charge in [-0.1, -0.05) is 30.3 Å². The van der Waals surface area contributed by atoms with Crippen molar-refractivity contribution in [1.29, 1.82) is 0 Å². The molecule has 5 heteroatoms. The number of benzene rings is 1. The molecule has 100 valence electrons. The van der Waals surface area contributed by atoms with Crippen LogP contribution in [0.3, 0.4) is 0 Å². The summed E-state index contributed by atoms with van der Waals surface area (Å²) in [6.07, 6.45) is 2.03. The van der Waals surface area contributed by atoms with Gasteiger partial charge in [-0.05, 0) is 32.3 Å². The Morgan fingerprint density at radius 3 is 2.58 bits per heavy atom. The van der Waals surface area contributed by atoms with Crippen molar-refractivity contribution in [3.8, 4) is 0 Å². The van der Waals surface area contributed by atoms with Crippen LogP contribution >= 0.6 is 0 Å². The topological polar surface area (TPSA) is 76.7 Å². The Morgan fingerprint density at radius 1 is 1.16 bits per heavy atom. The van der Waals surface area contributed by atoms with Crippen LogP contribution in [0.4, 0.5) is 11.9 Å². The van der Waals surface area contributed by atoms with Crippen molar-refractivity contribution in [2.24, 2.45) is 0 Å². The third-order valence-corrected chi connectivity index (χ3v) is 2.85. The molecular weight excluding hydrogens is 238 g/mol. The van der Waals surface area contributed by atoms with Crippen LogP contribution < -0.4 is 11.1 Å². The van der Waals surface area contributed by atoms with E-state index in [4.69, 9.17) is 5.73 Å². The van der Waals surface area contributed by atoms with Gasteiger partial charge in [-0.2, -0.15) is 15.0 Å². The van der Waals surface area contributed by atoms with Crippen molar-refractivity contribution >= 4 is 11.9 Å². The molecule has 0 saturated heterocycles. The molecule has 0 aliphatic rings. The highest BCUT2D eigenvalue weighted by Gasteiger charge is 2.06. The molecule has 0 saturated carbocycles. The number of nitrogen functional groups attached to an aromatic ring is 1. The summed E-state index contributed by atoms with van der Waals surface area (Å²) in [5, 5.41) is 3.25. The van der Waals surface area contributed by atoms with Gasteiger partial charge in [0.25, 0.3) is 0 Å². The van der Waals surface area contributed by atoms with Gasteiger partial charge in [-0.25, -0.2) is 0 Å². The van der Waals surface area contributed by atoms with E-state index in [1.807, 2.05) is 6.07 Å². The first-order valence-corrected chi connectivity index (χ1v) is 6.42. The van der Waals surface area contributed by atoms with E-state index in [2.05, 4.69) is 51.5 Å². The van der Waals surface area contributed by atoms with Gasteiger partial charge in [0.05, 0.1) is 0 Å². The molecule has 1 atom stereocenters. The lowest BCUT2D eigenvalue weighted by molar-refractivity contribution is 0.697. The molecule has 3 N–H and O–H groups in total. The van der Waals surface area contributed by atoms with E-state index >= 15 is 0 Å². The Kier molecular flexibility index (Phi) is 4.28. The number of rotatable bonds is 5. The van der Waals surface area contributed by atoms with Crippen LogP contribution in [0.25, 0.3) is 0 Å². The Balaban J connectivity index is 1.89. The van der Waals surface area contributed by atoms with Crippen LogP contribution in [0.2, 0.25) is 0 Å². The fourth-order valence-electron chi connectivity index (χ4n) is 1.89. The molecule has 1 aromatic heterocycles. The average Bonchev–Trinajstić information content (AvgIpc) is 2.36. The molecule has 0 amide bonds. The predicted octanol–water partition coefficient (Wildman–Crippen LogP) is 2.20. The monoisotopic (exact) mass is 257 g/mol. The number of hydrogen-bond acceptors (Lipinski definition) is 5. The lowest BCUT2D eigenvalue weighted by Crippen LogP contribution is -2.19. The molecule has 0 bridgehead atoms. The molecule has 5 nitrogen and oxygen atoms in total. The summed E-state index contributed by atoms with van der Waals surface area (Å²) in [6.45, 7) is 3.91. The molecule has 1 heterocycles. The third kappa shape index (κ3) is 4.21. The summed E-state index contributed by atoms with van der Waals surface area (Å²) < 4.78 is 0. The van der Waals surface area contributed by atoms with Gasteiger partial charge in [0.15, 0.2) is 0 Å². The summed E-state index contributed by atoms with van der Waals surface area (Å²) in [5.74, 6) is 1.43. The van der Waals surface area contributed by atoms with Crippen LogP contribution in [-0.4, -0.2) is 21.0 Å². The maximum Gasteiger partial charge on any atom is 0.227 e. The SMILES string of the molecule is Cc1nc(N)nc(N[C@@H](C)CCc2ccccc2)n1. The Bertz CT molecular complexity index is 506. The molecular formula is C14H19N5. The van der Waals surface area contributed by atoms with Crippen molar-refractivity contribution in [3.05, 3.63) is 41.7 Å². The second-order valence-corrected chi connectivity index (χ2v) is 4.63. The summed E-state index contributed by atoms with van der Waals surface area (Å²) in [4.78, 5) is 12.2. The fraction of sp³-hybridized carbons (Fsp3) is 0.357. The first kappa shape index (κ1) is 13.3. The zero-order valence-electron chi connectivity index (χ0n) is 11.3. The number of nitrogens with zero attached hydrogens (tertiary/aromatic N) is 3. The van der Waals surface area contributed by atoms with Crippen molar-refractivity contribution in [2.75, 3.05) is 11.1 Å². The van der Waals surface area contributed by atoms with Crippen LogP contribution in [0, 0.1) is 6.92 Å². The minimum atomic E-state index is 0.255. The Morgan fingerprint density at radius 2 is 1.89 bits per heavy atom. The van der Waals surface area contributed by atoms with Crippen molar-refractivity contribution < 1.29 is 0 Å². The first-order valence-electron chi connectivity index (χ1n) is 6.42. The van der Waals surface area contributed by atoms with Gasteiger partial charge in [-0.3, -0.25) is 0 Å². The molecule has 2 aromatic rings. The standard InChI is InChI=1S/C14H19N5/c1-10(8-9-12-6-4-3-5-7-12)16-14-18-11(2)17-13(15)19-14/h3-7,10H,8-9H2,1-2H3,(H3,15,16,17,18,19)/t10-/m0/s1. The van der Waals surface area contributed by atoms with E-state index in [0.29, 0.717) is 11.8 Å². The normalized spacial score (nSPS) is 12.1. The fourth-order valence-corrected chi connectivity index (χ4v) is 1.89. The molecule has 1 aromatic carbocycles. The number of anilines is 2. The summed E-state index contributed by atoms with van der Waals surface area (Å²) in [7, 11) is 0. The van der Waals surface area contributed by atoms with Gasteiger partial charge in [-0.15, -0.1) is 0 Å². The minimum Gasteiger partial charge on any atom is -0.368 e. The van der Waals surface area contributed by atoms with E-state index in [1.54, 1.807) is 6.92 Å². The first-order chi connectivity index (χ1) is 9.13. The van der Waals surface area contributed by atoms with Crippen molar-refractivity contribution in [2.45, 2.75) is 32.7 Å². The zero-order valence-corrected chi connectivity index (χ0v) is 11.3. The van der Waals surface area contributed by atoms with Crippen molar-refractivity contribution in [1.82, 2.24) is 15.0 Å². The van der Waals surface area contributed by atoms with Crippen LogP contribution in [0.5, 0.6) is 0 Å². The molecule has 19 heavy (non-hydrogen) atoms. The van der Waals surface area contributed by atoms with E-state index in [1.165, 1.54) is 5.56 Å². The van der Waals surface area contributed by atoms with Gasteiger partial charge in [0, 0.05) is 6.04 Å². The molecule has 0 radical (unpaired) electrons. The van der Waals surface area contributed by atoms with Crippen LogP contribution in [0.1, 0.15) is 24.7 Å². The molecule has 2 rings (SSSR count). The number of aromatic nitrogens is 3. The maximum atomic E-state index is 5.60. The number of hydrogen-bond donors (Lipinski definition) is 2. The van der Waals surface area contributed by atoms with E-state index in [0.717, 1.165) is 12.8 Å². The second kappa shape index (κ2) is 6.13. The molecule has 0 unspecified atom stereocenters. The largest absolute Gasteiger partial charge is 0.368 e. The second-order valence-electron chi connectivity index (χ2n) is 4.63. The summed E-state index contributed by atoms with van der Waals surface area (Å²) >= 11 is 0. The third-order valence-electron chi connectivity index (χ3n) is 2.85. The van der Waals surface area contributed by atoms with Crippen LogP contribution in [0.15, 0.2) is 30.3 Å².